The van der Waals surface area contributed by atoms with Crippen molar-refractivity contribution in [3.8, 4) is 0 Å². The summed E-state index contributed by atoms with van der Waals surface area (Å²) in [6.07, 6.45) is 2.95. The number of hydrogen-bond acceptors (Lipinski definition) is 4. The molecule has 0 aromatic carbocycles. The zero-order valence-corrected chi connectivity index (χ0v) is 7.84. The molecule has 1 atom stereocenters. The van der Waals surface area contributed by atoms with Crippen molar-refractivity contribution in [1.29, 1.82) is 0 Å². The highest BCUT2D eigenvalue weighted by atomic mass is 16.4. The first-order valence-corrected chi connectivity index (χ1v) is 4.70. The van der Waals surface area contributed by atoms with Crippen molar-refractivity contribution in [1.82, 2.24) is 15.6 Å². The van der Waals surface area contributed by atoms with Gasteiger partial charge in [0.15, 0.2) is 0 Å². The standard InChI is InChI=1S/C9H15N3O/c1-7-4-12-9(13-7)6-11-8-2-3-10-5-8/h4,8,10-11H,2-3,5-6H2,1H3. The van der Waals surface area contributed by atoms with E-state index in [9.17, 15) is 0 Å². The van der Waals surface area contributed by atoms with E-state index in [1.54, 1.807) is 6.20 Å². The summed E-state index contributed by atoms with van der Waals surface area (Å²) < 4.78 is 5.35. The lowest BCUT2D eigenvalue weighted by atomic mass is 10.2. The van der Waals surface area contributed by atoms with Crippen molar-refractivity contribution < 1.29 is 4.42 Å². The predicted octanol–water partition coefficient (Wildman–Crippen LogP) is 0.435. The fourth-order valence-corrected chi connectivity index (χ4v) is 1.54. The van der Waals surface area contributed by atoms with Gasteiger partial charge in [0.1, 0.15) is 5.76 Å². The molecular weight excluding hydrogens is 166 g/mol. The highest BCUT2D eigenvalue weighted by molar-refractivity contribution is 4.91. The Bertz CT molecular complexity index is 266. The quantitative estimate of drug-likeness (QED) is 0.710. The van der Waals surface area contributed by atoms with Crippen LogP contribution in [0.15, 0.2) is 10.6 Å². The molecule has 0 bridgehead atoms. The second-order valence-corrected chi connectivity index (χ2v) is 3.44. The van der Waals surface area contributed by atoms with Gasteiger partial charge in [0, 0.05) is 12.6 Å². The van der Waals surface area contributed by atoms with Crippen LogP contribution in [0.3, 0.4) is 0 Å². The van der Waals surface area contributed by atoms with Crippen LogP contribution in [0.5, 0.6) is 0 Å². The van der Waals surface area contributed by atoms with Crippen molar-refractivity contribution in [2.24, 2.45) is 0 Å². The van der Waals surface area contributed by atoms with Gasteiger partial charge in [-0.1, -0.05) is 0 Å². The van der Waals surface area contributed by atoms with Crippen LogP contribution in [0.1, 0.15) is 18.1 Å². The van der Waals surface area contributed by atoms with Crippen LogP contribution in [0.2, 0.25) is 0 Å². The largest absolute Gasteiger partial charge is 0.445 e. The van der Waals surface area contributed by atoms with Gasteiger partial charge in [0.25, 0.3) is 0 Å². The normalized spacial score (nSPS) is 22.4. The molecule has 2 N–H and O–H groups in total. The van der Waals surface area contributed by atoms with Crippen LogP contribution in [0.4, 0.5) is 0 Å². The SMILES string of the molecule is Cc1cnc(CNC2CCNC2)o1. The molecule has 1 aliphatic heterocycles. The minimum absolute atomic E-state index is 0.576. The molecule has 1 aliphatic rings. The lowest BCUT2D eigenvalue weighted by molar-refractivity contribution is 0.428. The van der Waals surface area contributed by atoms with Gasteiger partial charge in [-0.25, -0.2) is 4.98 Å². The maximum absolute atomic E-state index is 5.35. The van der Waals surface area contributed by atoms with Crippen molar-refractivity contribution >= 4 is 0 Å². The van der Waals surface area contributed by atoms with E-state index in [0.29, 0.717) is 6.04 Å². The molecule has 1 aromatic rings. The third-order valence-corrected chi connectivity index (χ3v) is 2.27. The molecule has 1 aromatic heterocycles. The molecule has 13 heavy (non-hydrogen) atoms. The first kappa shape index (κ1) is 8.72. The summed E-state index contributed by atoms with van der Waals surface area (Å²) in [5.41, 5.74) is 0. The average molecular weight is 181 g/mol. The molecule has 2 rings (SSSR count). The number of nitrogens with one attached hydrogen (secondary N) is 2. The molecule has 0 radical (unpaired) electrons. The fourth-order valence-electron chi connectivity index (χ4n) is 1.54. The Labute approximate surface area is 77.7 Å². The van der Waals surface area contributed by atoms with E-state index < -0.39 is 0 Å². The van der Waals surface area contributed by atoms with Gasteiger partial charge in [-0.3, -0.25) is 0 Å². The van der Waals surface area contributed by atoms with Crippen LogP contribution in [-0.2, 0) is 6.54 Å². The van der Waals surface area contributed by atoms with E-state index in [0.717, 1.165) is 31.3 Å². The van der Waals surface area contributed by atoms with Gasteiger partial charge in [-0.05, 0) is 19.9 Å². The Kier molecular flexibility index (Phi) is 2.61. The van der Waals surface area contributed by atoms with Crippen LogP contribution in [0, 0.1) is 6.92 Å². The molecule has 1 saturated heterocycles. The Balaban J connectivity index is 1.78. The second kappa shape index (κ2) is 3.89. The van der Waals surface area contributed by atoms with Crippen LogP contribution in [-0.4, -0.2) is 24.1 Å². The van der Waals surface area contributed by atoms with Crippen LogP contribution < -0.4 is 10.6 Å². The van der Waals surface area contributed by atoms with E-state index in [-0.39, 0.29) is 0 Å². The molecule has 0 saturated carbocycles. The van der Waals surface area contributed by atoms with Gasteiger partial charge in [-0.2, -0.15) is 0 Å². The summed E-state index contributed by atoms with van der Waals surface area (Å²) in [7, 11) is 0. The van der Waals surface area contributed by atoms with E-state index in [1.165, 1.54) is 6.42 Å². The first-order valence-electron chi connectivity index (χ1n) is 4.70. The summed E-state index contributed by atoms with van der Waals surface area (Å²) in [6, 6.07) is 0.576. The van der Waals surface area contributed by atoms with E-state index in [4.69, 9.17) is 4.42 Å². The fraction of sp³-hybridized carbons (Fsp3) is 0.667. The third kappa shape index (κ3) is 2.29. The monoisotopic (exact) mass is 181 g/mol. The molecule has 1 fully saturated rings. The zero-order chi connectivity index (χ0) is 9.10. The van der Waals surface area contributed by atoms with E-state index in [1.807, 2.05) is 6.92 Å². The molecular formula is C9H15N3O. The minimum atomic E-state index is 0.576. The second-order valence-electron chi connectivity index (χ2n) is 3.44. The summed E-state index contributed by atoms with van der Waals surface area (Å²) in [5.74, 6) is 1.66. The third-order valence-electron chi connectivity index (χ3n) is 2.27. The maximum atomic E-state index is 5.35. The number of hydrogen-bond donors (Lipinski definition) is 2. The highest BCUT2D eigenvalue weighted by Gasteiger charge is 2.13. The van der Waals surface area contributed by atoms with Gasteiger partial charge < -0.3 is 15.1 Å². The first-order chi connectivity index (χ1) is 6.34. The van der Waals surface area contributed by atoms with Crippen LogP contribution in [0.25, 0.3) is 0 Å². The lowest BCUT2D eigenvalue weighted by Crippen LogP contribution is -2.30. The number of oxazole rings is 1. The molecule has 0 spiro atoms. The van der Waals surface area contributed by atoms with E-state index in [2.05, 4.69) is 15.6 Å². The van der Waals surface area contributed by atoms with Crippen molar-refractivity contribution in [2.75, 3.05) is 13.1 Å². The Morgan fingerprint density at radius 1 is 1.77 bits per heavy atom. The number of rotatable bonds is 3. The molecule has 0 aliphatic carbocycles. The molecule has 2 heterocycles. The predicted molar refractivity (Wildman–Crippen MR) is 49.4 cm³/mol. The zero-order valence-electron chi connectivity index (χ0n) is 7.84. The number of aryl methyl sites for hydroxylation is 1. The van der Waals surface area contributed by atoms with Crippen molar-refractivity contribution in [2.45, 2.75) is 25.9 Å². The summed E-state index contributed by atoms with van der Waals surface area (Å²) >= 11 is 0. The van der Waals surface area contributed by atoms with E-state index >= 15 is 0 Å². The average Bonchev–Trinajstić information content (AvgIpc) is 2.71. The smallest absolute Gasteiger partial charge is 0.208 e. The minimum Gasteiger partial charge on any atom is -0.445 e. The lowest BCUT2D eigenvalue weighted by Gasteiger charge is -2.07. The topological polar surface area (TPSA) is 50.1 Å². The summed E-state index contributed by atoms with van der Waals surface area (Å²) in [4.78, 5) is 4.13. The number of aromatic nitrogens is 1. The van der Waals surface area contributed by atoms with Crippen LogP contribution >= 0.6 is 0 Å². The van der Waals surface area contributed by atoms with Gasteiger partial charge in [0.2, 0.25) is 5.89 Å². The van der Waals surface area contributed by atoms with Crippen molar-refractivity contribution in [3.63, 3.8) is 0 Å². The maximum Gasteiger partial charge on any atom is 0.208 e. The Morgan fingerprint density at radius 2 is 2.69 bits per heavy atom. The molecule has 4 nitrogen and oxygen atoms in total. The van der Waals surface area contributed by atoms with Gasteiger partial charge >= 0.3 is 0 Å². The number of nitrogens with zero attached hydrogens (tertiary/aromatic N) is 1. The molecule has 72 valence electrons. The summed E-state index contributed by atoms with van der Waals surface area (Å²) in [5, 5.41) is 6.69. The molecule has 0 amide bonds. The Hall–Kier alpha value is -0.870. The van der Waals surface area contributed by atoms with Gasteiger partial charge in [0.05, 0.1) is 12.7 Å². The van der Waals surface area contributed by atoms with Crippen molar-refractivity contribution in [3.05, 3.63) is 17.8 Å². The molecule has 1 unspecified atom stereocenters. The van der Waals surface area contributed by atoms with Gasteiger partial charge in [-0.15, -0.1) is 0 Å². The summed E-state index contributed by atoms with van der Waals surface area (Å²) in [6.45, 7) is 4.82. The Morgan fingerprint density at radius 3 is 3.31 bits per heavy atom. The highest BCUT2D eigenvalue weighted by Crippen LogP contribution is 2.03. The molecule has 4 heteroatoms.